The maximum Gasteiger partial charge on any atom is 0.355 e. The Morgan fingerprint density at radius 1 is 0.557 bits per heavy atom. The second kappa shape index (κ2) is 30.4. The minimum Gasteiger partial charge on any atom is -0.496 e. The van der Waals surface area contributed by atoms with Crippen LogP contribution in [0.4, 0.5) is 0 Å². The van der Waals surface area contributed by atoms with Gasteiger partial charge in [0.2, 0.25) is 0 Å². The largest absolute Gasteiger partial charge is 0.496 e. The summed E-state index contributed by atoms with van der Waals surface area (Å²) in [5, 5.41) is 25.4. The van der Waals surface area contributed by atoms with Gasteiger partial charge in [-0.3, -0.25) is 0 Å². The molecule has 476 valence electrons. The van der Waals surface area contributed by atoms with Gasteiger partial charge in [0.05, 0.1) is 35.9 Å². The number of hydrogen-bond acceptors (Lipinski definition) is 8. The molecule has 88 heavy (non-hydrogen) atoms. The first-order valence-electron chi connectivity index (χ1n) is 33.1. The fourth-order valence-corrected chi connectivity index (χ4v) is 26.3. The lowest BCUT2D eigenvalue weighted by Gasteiger charge is -2.46. The molecule has 0 spiro atoms. The van der Waals surface area contributed by atoms with Crippen LogP contribution in [0.1, 0.15) is 130 Å². The molecule has 2 N–H and O–H groups in total. The molecule has 10 rings (SSSR count). The molecule has 4 aliphatic carbocycles. The molecule has 2 unspecified atom stereocenters. The van der Waals surface area contributed by atoms with Crippen LogP contribution in [0.25, 0.3) is 0 Å². The third-order valence-corrected chi connectivity index (χ3v) is 35.8. The Bertz CT molecular complexity index is 3110. The van der Waals surface area contributed by atoms with Crippen LogP contribution < -0.4 is 30.2 Å². The normalized spacial score (nSPS) is 22.8. The summed E-state index contributed by atoms with van der Waals surface area (Å²) >= 11 is 4.31. The van der Waals surface area contributed by atoms with Crippen LogP contribution in [0.5, 0.6) is 11.5 Å². The van der Waals surface area contributed by atoms with Gasteiger partial charge in [0.25, 0.3) is 16.6 Å². The molecule has 0 aliphatic heterocycles. The van der Waals surface area contributed by atoms with E-state index < -0.39 is 38.0 Å². The third kappa shape index (κ3) is 15.5. The second-order valence-corrected chi connectivity index (χ2v) is 45.6. The first-order valence-corrected chi connectivity index (χ1v) is 43.0. The Kier molecular flexibility index (Phi) is 23.7. The maximum atomic E-state index is 10.3. The number of methoxy groups -OCH3 is 2. The van der Waals surface area contributed by atoms with Crippen molar-refractivity contribution in [2.45, 2.75) is 180 Å². The lowest BCUT2D eigenvalue weighted by Crippen LogP contribution is -2.68. The van der Waals surface area contributed by atoms with Crippen LogP contribution in [0.15, 0.2) is 158 Å². The van der Waals surface area contributed by atoms with Crippen molar-refractivity contribution in [1.82, 2.24) is 0 Å². The Morgan fingerprint density at radius 3 is 1.23 bits per heavy atom. The maximum absolute atomic E-state index is 10.3. The molecule has 4 aliphatic rings. The van der Waals surface area contributed by atoms with Gasteiger partial charge < -0.3 is 33.0 Å². The fraction of sp³-hybridized carbons (Fsp3) is 0.520. The van der Waals surface area contributed by atoms with Crippen LogP contribution in [0.2, 0.25) is 28.2 Å². The van der Waals surface area contributed by atoms with E-state index in [1.165, 1.54) is 55.8 Å². The van der Waals surface area contributed by atoms with E-state index in [1.807, 2.05) is 7.11 Å². The lowest BCUT2D eigenvalue weighted by atomic mass is 9.73. The molecule has 0 amide bonds. The minimum absolute atomic E-state index is 0.0372. The summed E-state index contributed by atoms with van der Waals surface area (Å²) in [7, 11) is -1.38. The summed E-state index contributed by atoms with van der Waals surface area (Å²) in [5.74, 6) is 5.63. The topological polar surface area (TPSA) is 86.6 Å². The summed E-state index contributed by atoms with van der Waals surface area (Å²) in [6.07, 6.45) is 9.77. The molecular weight excluding hydrogens is 1190 g/mol. The number of aliphatic hydroxyl groups is 2. The number of fused-ring (bicyclic) bond motifs is 4. The summed E-state index contributed by atoms with van der Waals surface area (Å²) in [4.78, 5) is 0. The van der Waals surface area contributed by atoms with Crippen LogP contribution in [0, 0.1) is 41.4 Å². The van der Waals surface area contributed by atoms with E-state index in [9.17, 15) is 10.2 Å². The number of hydrogen-bond donors (Lipinski definition) is 2. The van der Waals surface area contributed by atoms with Gasteiger partial charge in [-0.2, -0.15) is 0 Å². The Balaban J connectivity index is 0.000000220. The van der Waals surface area contributed by atoms with Crippen molar-refractivity contribution in [3.8, 4) is 11.5 Å². The Morgan fingerprint density at radius 2 is 0.909 bits per heavy atom. The van der Waals surface area contributed by atoms with E-state index in [1.54, 1.807) is 7.11 Å². The van der Waals surface area contributed by atoms with Gasteiger partial charge in [0, 0.05) is 18.8 Å². The van der Waals surface area contributed by atoms with Crippen LogP contribution in [-0.2, 0) is 50.8 Å². The zero-order valence-corrected chi connectivity index (χ0v) is 61.5. The molecule has 0 radical (unpaired) electrons. The molecule has 0 saturated heterocycles. The van der Waals surface area contributed by atoms with Gasteiger partial charge in [0.1, 0.15) is 11.5 Å². The van der Waals surface area contributed by atoms with Gasteiger partial charge in [-0.15, -0.1) is 0 Å². The van der Waals surface area contributed by atoms with E-state index in [0.29, 0.717) is 47.8 Å². The zero-order chi connectivity index (χ0) is 64.5. The number of rotatable bonds is 20. The standard InChI is InChI=1S/C41H60O3Si2.C34H44O4Si.H2P2S/c1-30(29-43-45(9,10)40(2,3)4)24-25-35-36-26-31-18-17-23-38(42-8)37(31)27-32(36)28-39(35)44-46(41(5,6)7,33-19-13-11-14-20-33)34-21-15-12-16-22-34;1-34(2,3)39(27-13-7-5-8-14-27,28-15-9-6-10-16-28)38-33-22-25-21-31-24(12-11-17-32(31)37-4)20-30(25)29(33)19-18-26(36)23-35;1-2-3/h11-23,30,32,35-36,39H,24-29H2,1-10H3;5-17,25-26,29-30,33,35-36H,18-23H2,1-4H3;1H2/p+1/t30-,32+,35-,36+,39-;25-,26+,29+,30-,33+;/m10./s1/i/hT. The van der Waals surface area contributed by atoms with E-state index in [-0.39, 0.29) is 33.9 Å². The van der Waals surface area contributed by atoms with Crippen LogP contribution in [0.3, 0.4) is 0 Å². The highest BCUT2D eigenvalue weighted by Crippen LogP contribution is 2.54. The predicted octanol–water partition coefficient (Wildman–Crippen LogP) is 15.5. The first kappa shape index (κ1) is 68.7. The molecule has 2 fully saturated rings. The number of aliphatic hydroxyl groups excluding tert-OH is 2. The van der Waals surface area contributed by atoms with Crippen molar-refractivity contribution in [2.75, 3.05) is 27.4 Å². The van der Waals surface area contributed by atoms with Crippen LogP contribution >= 0.6 is 15.9 Å². The SMILES string of the molecule is COc1cccc2c1C[C@H]1C[C@@H](O[Si](c3ccccc3)(c3ccccc3)C(C)(C)C)[C@H](CC[C@@H](C)CO[Si](C)(C)C(C)(C)C)[C@H]1C2.COc1cccc2c1C[C@H]1C[C@@H](O[Si](c3ccccc3)(c3ccccc3)C(C)(C)C)[C@H](CC[C@@H](O)CO)[C@H]1C2.[3H][P+](P)=S. The molecule has 0 heterocycles. The molecule has 2 saturated carbocycles. The van der Waals surface area contributed by atoms with Gasteiger partial charge in [-0.1, -0.05) is 215 Å². The summed E-state index contributed by atoms with van der Waals surface area (Å²) in [6, 6.07) is 57.3. The average molecular weight is 1300 g/mol. The highest BCUT2D eigenvalue weighted by Gasteiger charge is 2.57. The minimum atomic E-state index is -2.72. The van der Waals surface area contributed by atoms with E-state index in [4.69, 9.17) is 24.0 Å². The monoisotopic (exact) mass is 1300 g/mol. The van der Waals surface area contributed by atoms with Gasteiger partial charge in [0.15, 0.2) is 27.1 Å². The molecule has 13 heteroatoms. The van der Waals surface area contributed by atoms with Crippen molar-refractivity contribution >= 4 is 73.4 Å². The van der Waals surface area contributed by atoms with Crippen molar-refractivity contribution in [2.24, 2.45) is 41.4 Å². The quantitative estimate of drug-likeness (QED) is 0.0578. The van der Waals surface area contributed by atoms with Crippen molar-refractivity contribution < 1.29 is 33.0 Å². The van der Waals surface area contributed by atoms with E-state index in [0.717, 1.165) is 63.1 Å². The Hall–Kier alpha value is -3.68. The molecule has 7 nitrogen and oxygen atoms in total. The average Bonchev–Trinajstić information content (AvgIpc) is 1.76. The summed E-state index contributed by atoms with van der Waals surface area (Å²) < 4.78 is 40.5. The number of ether oxygens (including phenoxy) is 2. The predicted molar refractivity (Wildman–Crippen MR) is 385 cm³/mol. The van der Waals surface area contributed by atoms with E-state index >= 15 is 0 Å². The first-order chi connectivity index (χ1) is 42.2. The lowest BCUT2D eigenvalue weighted by molar-refractivity contribution is 0.0653. The van der Waals surface area contributed by atoms with Crippen molar-refractivity contribution in [3.63, 3.8) is 0 Å². The summed E-state index contributed by atoms with van der Waals surface area (Å²) in [5.41, 5.74) is 5.63. The molecule has 6 aromatic carbocycles. The van der Waals surface area contributed by atoms with Crippen molar-refractivity contribution in [3.05, 3.63) is 180 Å². The third-order valence-electron chi connectivity index (χ3n) is 21.1. The Labute approximate surface area is 544 Å². The van der Waals surface area contributed by atoms with Gasteiger partial charge in [-0.05, 0) is 189 Å². The molecule has 12 atom stereocenters. The highest BCUT2D eigenvalue weighted by atomic mass is 32.6. The highest BCUT2D eigenvalue weighted by molar-refractivity contribution is 8.24. The smallest absolute Gasteiger partial charge is 0.355 e. The molecule has 0 bridgehead atoms. The zero-order valence-electron chi connectivity index (χ0n) is 56.6. The molecular formula is C75H107O7P2SSi3+. The van der Waals surface area contributed by atoms with Gasteiger partial charge in [-0.25, -0.2) is 0 Å². The molecule has 0 aromatic heterocycles. The van der Waals surface area contributed by atoms with E-state index in [2.05, 4.69) is 261 Å². The van der Waals surface area contributed by atoms with Crippen LogP contribution in [-0.4, -0.2) is 82.2 Å². The van der Waals surface area contributed by atoms with Crippen molar-refractivity contribution in [1.29, 1.82) is 1.28 Å². The number of benzene rings is 6. The molecule has 6 aromatic rings. The second-order valence-electron chi connectivity index (χ2n) is 29.6. The van der Waals surface area contributed by atoms with Gasteiger partial charge >= 0.3 is 1.28 Å². The summed E-state index contributed by atoms with van der Waals surface area (Å²) in [6.45, 7) is 28.2. The fourth-order valence-electron chi connectivity index (χ4n) is 15.6.